The van der Waals surface area contributed by atoms with Crippen LogP contribution in [-0.4, -0.2) is 268 Å². The van der Waals surface area contributed by atoms with E-state index in [1.54, 1.807) is 0 Å². The summed E-state index contributed by atoms with van der Waals surface area (Å²) in [5.41, 5.74) is 8.45. The summed E-state index contributed by atoms with van der Waals surface area (Å²) in [6.07, 6.45) is -16.3. The summed E-state index contributed by atoms with van der Waals surface area (Å²) < 4.78 is 124. The van der Waals surface area contributed by atoms with E-state index >= 15 is 0 Å². The lowest BCUT2D eigenvalue weighted by atomic mass is 9.87. The van der Waals surface area contributed by atoms with Crippen LogP contribution >= 0.6 is 70.5 Å². The third-order valence-electron chi connectivity index (χ3n) is 14.2. The molecular weight excluding hydrogens is 1600 g/mol. The molecule has 600 valence electrons. The van der Waals surface area contributed by atoms with Crippen LogP contribution in [-0.2, 0) is 101 Å². The molecule has 0 radical (unpaired) electrons. The van der Waals surface area contributed by atoms with Crippen molar-refractivity contribution in [1.29, 1.82) is 0 Å². The fourth-order valence-electron chi connectivity index (χ4n) is 8.80. The van der Waals surface area contributed by atoms with Gasteiger partial charge in [-0.25, -0.2) is 57.3 Å². The van der Waals surface area contributed by atoms with Gasteiger partial charge < -0.3 is 112 Å². The molecule has 4 aromatic heterocycles. The molecule has 0 saturated carbocycles. The normalized spacial score (nSPS) is 22.8. The van der Waals surface area contributed by atoms with Crippen molar-refractivity contribution >= 4 is 138 Å². The van der Waals surface area contributed by atoms with E-state index in [2.05, 4.69) is 68.8 Å². The van der Waals surface area contributed by atoms with E-state index in [9.17, 15) is 116 Å². The average molecular weight is 1680 g/mol. The smallest absolute Gasteiger partial charge is 0.386 e. The number of ether oxygens (including phenoxy) is 2. The van der Waals surface area contributed by atoms with Crippen molar-refractivity contribution in [3.05, 3.63) is 25.3 Å². The van der Waals surface area contributed by atoms with Gasteiger partial charge >= 0.3 is 46.9 Å². The van der Waals surface area contributed by atoms with E-state index < -0.39 is 192 Å². The van der Waals surface area contributed by atoms with E-state index in [-0.39, 0.29) is 84.5 Å². The molecule has 50 nitrogen and oxygen atoms in total. The van der Waals surface area contributed by atoms with Crippen LogP contribution < -0.4 is 32.7 Å². The first kappa shape index (κ1) is 91.6. The Balaban J connectivity index is 0.000000381. The number of phosphoric ester groups is 6. The number of aliphatic hydroxyl groups excluding tert-OH is 6. The number of imidazole rings is 2. The second kappa shape index (κ2) is 38.8. The van der Waals surface area contributed by atoms with Crippen molar-refractivity contribution in [1.82, 2.24) is 60.3 Å². The number of nitrogens with one attached hydrogen (secondary N) is 4. The molecule has 2 saturated heterocycles. The molecular formula is C48H80N14O36P6S2. The Labute approximate surface area is 607 Å². The standard InChI is InChI=1S/2C24H40N7O18P3S/c2*1-12(32)23(37)53-7-6-26-14(33)4-5-27-21(36)18(35)24(2,3)9-46-52(43,44)49-51(41,42)45-8-13-17(48-50(38,39)40)16(34)22(47-13)31-11-30-15-19(25)28-10-29-20(15)31/h2*10-13,16-18,22,32,34-35H,4-9H2,1-3H3,(H,26,33)(H,27,36)(H,41,42)(H,43,44)(H2,25,28,29)(H2,38,39,40)/t2*12?,13-,16-,17-,18+,22-/m11/s1. The zero-order valence-corrected chi connectivity index (χ0v) is 63.2. The Morgan fingerprint density at radius 2 is 0.858 bits per heavy atom. The number of aliphatic hydroxyl groups is 6. The third-order valence-corrected chi connectivity index (χ3v) is 22.4. The maximum atomic E-state index is 12.6. The molecule has 0 aromatic carbocycles. The number of hydrogen-bond acceptors (Lipinski definition) is 38. The van der Waals surface area contributed by atoms with Gasteiger partial charge in [0.05, 0.1) is 39.1 Å². The molecule has 4 aromatic rings. The number of hydrogen-bond donors (Lipinski definition) is 20. The minimum atomic E-state index is -5.57. The molecule has 6 rings (SSSR count). The van der Waals surface area contributed by atoms with Crippen molar-refractivity contribution < 1.29 is 171 Å². The second-order valence-corrected chi connectivity index (χ2v) is 34.5. The summed E-state index contributed by atoms with van der Waals surface area (Å²) in [4.78, 5) is 173. The van der Waals surface area contributed by atoms with Crippen LogP contribution in [0.1, 0.15) is 66.8 Å². The summed E-state index contributed by atoms with van der Waals surface area (Å²) in [5.74, 6) is -2.67. The zero-order chi connectivity index (χ0) is 79.9. The second-order valence-electron chi connectivity index (χ2n) is 23.8. The van der Waals surface area contributed by atoms with Crippen LogP contribution in [0.4, 0.5) is 11.6 Å². The summed E-state index contributed by atoms with van der Waals surface area (Å²) in [7, 11) is -32.8. The van der Waals surface area contributed by atoms with Gasteiger partial charge in [0.2, 0.25) is 33.9 Å². The van der Waals surface area contributed by atoms with E-state index in [1.807, 2.05) is 0 Å². The predicted molar refractivity (Wildman–Crippen MR) is 358 cm³/mol. The first-order valence-electron chi connectivity index (χ1n) is 30.3. The molecule has 58 heteroatoms. The van der Waals surface area contributed by atoms with Gasteiger partial charge in [-0.3, -0.25) is 65.0 Å². The largest absolute Gasteiger partial charge is 0.481 e. The lowest BCUT2D eigenvalue weighted by molar-refractivity contribution is -0.137. The highest BCUT2D eigenvalue weighted by atomic mass is 32.2. The molecule has 0 bridgehead atoms. The number of amides is 4. The lowest BCUT2D eigenvalue weighted by Gasteiger charge is -2.30. The van der Waals surface area contributed by atoms with Crippen molar-refractivity contribution in [3.8, 4) is 0 Å². The predicted octanol–water partition coefficient (Wildman–Crippen LogP) is -3.91. The zero-order valence-electron chi connectivity index (χ0n) is 56.2. The maximum absolute atomic E-state index is 12.6. The van der Waals surface area contributed by atoms with Gasteiger partial charge in [-0.15, -0.1) is 0 Å². The number of anilines is 2. The molecule has 16 atom stereocenters. The number of phosphoric acid groups is 6. The third kappa shape index (κ3) is 28.4. The monoisotopic (exact) mass is 1680 g/mol. The van der Waals surface area contributed by atoms with Gasteiger partial charge in [0.25, 0.3) is 0 Å². The van der Waals surface area contributed by atoms with Crippen LogP contribution in [0.5, 0.6) is 0 Å². The first-order valence-corrected chi connectivity index (χ1v) is 41.3. The summed E-state index contributed by atoms with van der Waals surface area (Å²) in [6.45, 7) is 3.23. The van der Waals surface area contributed by atoms with Crippen molar-refractivity contribution in [2.75, 3.05) is 75.6 Å². The summed E-state index contributed by atoms with van der Waals surface area (Å²) in [6, 6.07) is 0. The number of fused-ring (bicyclic) bond motifs is 2. The number of rotatable bonds is 40. The van der Waals surface area contributed by atoms with Gasteiger partial charge in [0.15, 0.2) is 35.4 Å². The number of carbonyl (C=O) groups is 6. The first-order chi connectivity index (χ1) is 48.9. The van der Waals surface area contributed by atoms with Crippen LogP contribution in [0.2, 0.25) is 0 Å². The highest BCUT2D eigenvalue weighted by Crippen LogP contribution is 2.63. The molecule has 106 heavy (non-hydrogen) atoms. The number of thioether (sulfide) groups is 2. The highest BCUT2D eigenvalue weighted by Gasteiger charge is 2.53. The molecule has 2 aliphatic heterocycles. The Hall–Kier alpha value is -4.96. The summed E-state index contributed by atoms with van der Waals surface area (Å²) in [5, 5.41) is 69.6. The minimum Gasteiger partial charge on any atom is -0.386 e. The number of nitrogen functional groups attached to an aromatic ring is 2. The van der Waals surface area contributed by atoms with Crippen molar-refractivity contribution in [2.45, 2.75) is 128 Å². The quantitative estimate of drug-likeness (QED) is 0.0149. The Morgan fingerprint density at radius 1 is 0.528 bits per heavy atom. The molecule has 0 spiro atoms. The van der Waals surface area contributed by atoms with E-state index in [0.717, 1.165) is 58.0 Å². The SMILES string of the molecule is CC(O)C(=O)SCCNC(=O)CCNC(=O)[C@H](O)C(C)(C)COP(=O)(O)OP(=O)(O)OC[C@H]1O[C@@H](n2cnc3c(N)ncnc32)[C@H](O)[C@@H]1OP(=O)(O)O.CC(O)C(=O)SCCNC(=O)CCNC(=O)[C@H](O)C(C)(C)COP(=O)(O)OP(=O)(O)OC[C@H]1O[C@@H](n2cnc3c(N)ncnc32)[C@H](O)[C@@H]1OP(=O)(O)O. The molecule has 4 amide bonds. The van der Waals surface area contributed by atoms with Gasteiger partial charge in [-0.1, -0.05) is 51.2 Å². The Bertz CT molecular complexity index is 3770. The van der Waals surface area contributed by atoms with Gasteiger partial charge in [-0.2, -0.15) is 8.62 Å². The van der Waals surface area contributed by atoms with E-state index in [0.29, 0.717) is 0 Å². The van der Waals surface area contributed by atoms with Crippen LogP contribution in [0.3, 0.4) is 0 Å². The van der Waals surface area contributed by atoms with Gasteiger partial charge in [0.1, 0.15) is 84.7 Å². The maximum Gasteiger partial charge on any atom is 0.481 e. The minimum absolute atomic E-state index is 0.0251. The van der Waals surface area contributed by atoms with Gasteiger partial charge in [0, 0.05) is 61.4 Å². The Morgan fingerprint density at radius 3 is 1.18 bits per heavy atom. The van der Waals surface area contributed by atoms with Crippen molar-refractivity contribution in [2.24, 2.45) is 10.8 Å². The average Bonchev–Trinajstić information content (AvgIpc) is 1.62. The molecule has 6 unspecified atom stereocenters. The fourth-order valence-corrected chi connectivity index (χ4v) is 15.8. The molecule has 2 fully saturated rings. The highest BCUT2D eigenvalue weighted by molar-refractivity contribution is 8.14. The van der Waals surface area contributed by atoms with Crippen LogP contribution in [0, 0.1) is 10.8 Å². The molecule has 22 N–H and O–H groups in total. The fraction of sp³-hybridized carbons (Fsp3) is 0.667. The van der Waals surface area contributed by atoms with Crippen LogP contribution in [0.25, 0.3) is 22.3 Å². The number of nitrogens with two attached hydrogens (primary N) is 2. The molecule has 2 aliphatic rings. The van der Waals surface area contributed by atoms with Crippen molar-refractivity contribution in [3.63, 3.8) is 0 Å². The van der Waals surface area contributed by atoms with Crippen LogP contribution in [0.15, 0.2) is 25.3 Å². The lowest BCUT2D eigenvalue weighted by Crippen LogP contribution is -2.46. The summed E-state index contributed by atoms with van der Waals surface area (Å²) >= 11 is 1.66. The Kier molecular flexibility index (Phi) is 33.5. The molecule has 0 aliphatic carbocycles. The topological polar surface area (TPSA) is 768 Å². The van der Waals surface area contributed by atoms with E-state index in [1.165, 1.54) is 41.5 Å². The molecule has 6 heterocycles. The number of nitrogens with zero attached hydrogens (tertiary/aromatic N) is 8. The number of aromatic nitrogens is 8. The van der Waals surface area contributed by atoms with E-state index in [4.69, 9.17) is 49.2 Å². The number of carbonyl (C=O) groups excluding carboxylic acids is 6. The van der Waals surface area contributed by atoms with Gasteiger partial charge in [-0.05, 0) is 13.8 Å².